The van der Waals surface area contributed by atoms with Gasteiger partial charge in [0.2, 0.25) is 5.88 Å². The predicted octanol–water partition coefficient (Wildman–Crippen LogP) is 0.675. The van der Waals surface area contributed by atoms with Crippen LogP contribution in [-0.2, 0) is 7.05 Å². The maximum Gasteiger partial charge on any atom is 0.261 e. The maximum atomic E-state index is 12.8. The Bertz CT molecular complexity index is 974. The van der Waals surface area contributed by atoms with Crippen LogP contribution in [0.2, 0.25) is 0 Å². The number of aryl methyl sites for hydroxylation is 2. The lowest BCUT2D eigenvalue weighted by atomic mass is 10.2. The fourth-order valence-electron chi connectivity index (χ4n) is 3.30. The summed E-state index contributed by atoms with van der Waals surface area (Å²) in [6.07, 6.45) is 6.97. The lowest BCUT2D eigenvalue weighted by molar-refractivity contribution is 0.0743. The van der Waals surface area contributed by atoms with Gasteiger partial charge in [-0.1, -0.05) is 0 Å². The van der Waals surface area contributed by atoms with E-state index in [1.54, 1.807) is 30.5 Å². The average molecular weight is 382 g/mol. The van der Waals surface area contributed by atoms with Gasteiger partial charge in [-0.2, -0.15) is 0 Å². The zero-order chi connectivity index (χ0) is 19.7. The lowest BCUT2D eigenvalue weighted by Crippen LogP contribution is -2.49. The third kappa shape index (κ3) is 3.40. The van der Waals surface area contributed by atoms with Gasteiger partial charge in [0.15, 0.2) is 0 Å². The van der Waals surface area contributed by atoms with Gasteiger partial charge in [0.1, 0.15) is 29.4 Å². The molecule has 0 radical (unpaired) electrons. The van der Waals surface area contributed by atoms with E-state index in [9.17, 15) is 4.79 Å². The Morgan fingerprint density at radius 1 is 1.14 bits per heavy atom. The Kier molecular flexibility index (Phi) is 4.68. The number of imidazole rings is 1. The van der Waals surface area contributed by atoms with Crippen molar-refractivity contribution in [1.29, 1.82) is 0 Å². The highest BCUT2D eigenvalue weighted by atomic mass is 16.5. The fraction of sp³-hybridized carbons (Fsp3) is 0.389. The highest BCUT2D eigenvalue weighted by molar-refractivity contribution is 5.96. The van der Waals surface area contributed by atoms with Gasteiger partial charge < -0.3 is 14.5 Å². The summed E-state index contributed by atoms with van der Waals surface area (Å²) in [7, 11) is 3.29. The molecule has 10 heteroatoms. The van der Waals surface area contributed by atoms with Crippen LogP contribution in [0.15, 0.2) is 31.0 Å². The van der Waals surface area contributed by atoms with Gasteiger partial charge in [-0.05, 0) is 6.92 Å². The molecule has 1 aliphatic rings. The number of piperazine rings is 1. The van der Waals surface area contributed by atoms with Crippen LogP contribution < -0.4 is 9.64 Å². The van der Waals surface area contributed by atoms with E-state index in [0.717, 1.165) is 11.6 Å². The van der Waals surface area contributed by atoms with Crippen LogP contribution in [-0.4, -0.2) is 73.4 Å². The van der Waals surface area contributed by atoms with Crippen LogP contribution in [0.4, 0.5) is 5.82 Å². The molecular weight excluding hydrogens is 360 g/mol. The summed E-state index contributed by atoms with van der Waals surface area (Å²) in [4.78, 5) is 29.9. The lowest BCUT2D eigenvalue weighted by Gasteiger charge is -2.35. The Morgan fingerprint density at radius 3 is 2.57 bits per heavy atom. The van der Waals surface area contributed by atoms with Gasteiger partial charge in [-0.15, -0.1) is 5.10 Å². The van der Waals surface area contributed by atoms with E-state index in [2.05, 4.69) is 25.0 Å². The third-order valence-corrected chi connectivity index (χ3v) is 4.69. The SMILES string of the molecule is COc1nn(C)cc1C(=O)N1CCN(c2cc(-n3ccnc3)nc(C)n2)CC1. The Balaban J connectivity index is 1.48. The van der Waals surface area contributed by atoms with E-state index >= 15 is 0 Å². The second-order valence-electron chi connectivity index (χ2n) is 6.61. The summed E-state index contributed by atoms with van der Waals surface area (Å²) in [5.41, 5.74) is 0.485. The number of carbonyl (C=O) groups is 1. The molecule has 4 rings (SSSR count). The van der Waals surface area contributed by atoms with Gasteiger partial charge in [0, 0.05) is 57.9 Å². The minimum atomic E-state index is -0.0671. The molecule has 3 aromatic rings. The molecule has 28 heavy (non-hydrogen) atoms. The molecule has 0 atom stereocenters. The summed E-state index contributed by atoms with van der Waals surface area (Å²) in [6, 6.07) is 1.94. The number of carbonyl (C=O) groups excluding carboxylic acids is 1. The van der Waals surface area contributed by atoms with Crippen LogP contribution >= 0.6 is 0 Å². The Hall–Kier alpha value is -3.43. The van der Waals surface area contributed by atoms with Crippen molar-refractivity contribution in [1.82, 2.24) is 34.2 Å². The number of amides is 1. The summed E-state index contributed by atoms with van der Waals surface area (Å²) >= 11 is 0. The Morgan fingerprint density at radius 2 is 1.89 bits per heavy atom. The second-order valence-corrected chi connectivity index (χ2v) is 6.61. The van der Waals surface area contributed by atoms with E-state index in [4.69, 9.17) is 4.74 Å². The van der Waals surface area contributed by atoms with Crippen LogP contribution in [0, 0.1) is 6.92 Å². The molecule has 0 spiro atoms. The predicted molar refractivity (Wildman–Crippen MR) is 102 cm³/mol. The van der Waals surface area contributed by atoms with Crippen molar-refractivity contribution < 1.29 is 9.53 Å². The van der Waals surface area contributed by atoms with Crippen molar-refractivity contribution >= 4 is 11.7 Å². The number of aromatic nitrogens is 6. The standard InChI is InChI=1S/C18H22N8O2/c1-13-20-15(10-16(21-13)26-5-4-19-12-26)24-6-8-25(9-7-24)18(27)14-11-23(2)22-17(14)28-3/h4-5,10-12H,6-9H2,1-3H3. The number of hydrogen-bond acceptors (Lipinski definition) is 7. The molecule has 10 nitrogen and oxygen atoms in total. The first-order chi connectivity index (χ1) is 13.5. The average Bonchev–Trinajstić information content (AvgIpc) is 3.36. The number of hydrogen-bond donors (Lipinski definition) is 0. The normalized spacial score (nSPS) is 14.4. The monoisotopic (exact) mass is 382 g/mol. The van der Waals surface area contributed by atoms with Crippen molar-refractivity contribution in [3.8, 4) is 11.7 Å². The molecule has 1 amide bonds. The van der Waals surface area contributed by atoms with E-state index in [1.807, 2.05) is 28.7 Å². The number of anilines is 1. The largest absolute Gasteiger partial charge is 0.479 e. The number of nitrogens with zero attached hydrogens (tertiary/aromatic N) is 8. The van der Waals surface area contributed by atoms with Gasteiger partial charge in [0.25, 0.3) is 5.91 Å². The molecule has 0 aromatic carbocycles. The number of ether oxygens (including phenoxy) is 1. The molecule has 0 unspecified atom stereocenters. The summed E-state index contributed by atoms with van der Waals surface area (Å²) in [5.74, 6) is 2.61. The van der Waals surface area contributed by atoms with Crippen LogP contribution in [0.25, 0.3) is 5.82 Å². The first-order valence-corrected chi connectivity index (χ1v) is 9.01. The van der Waals surface area contributed by atoms with Gasteiger partial charge >= 0.3 is 0 Å². The highest BCUT2D eigenvalue weighted by Crippen LogP contribution is 2.21. The smallest absolute Gasteiger partial charge is 0.261 e. The summed E-state index contributed by atoms with van der Waals surface area (Å²) in [5, 5.41) is 4.16. The van der Waals surface area contributed by atoms with Gasteiger partial charge in [-0.3, -0.25) is 14.0 Å². The minimum Gasteiger partial charge on any atom is -0.479 e. The molecule has 3 aromatic heterocycles. The topological polar surface area (TPSA) is 94.2 Å². The molecule has 0 bridgehead atoms. The molecule has 4 heterocycles. The van der Waals surface area contributed by atoms with Crippen molar-refractivity contribution in [3.63, 3.8) is 0 Å². The van der Waals surface area contributed by atoms with Crippen LogP contribution in [0.5, 0.6) is 5.88 Å². The van der Waals surface area contributed by atoms with Crippen molar-refractivity contribution in [2.45, 2.75) is 6.92 Å². The molecule has 1 aliphatic heterocycles. The first kappa shape index (κ1) is 18.0. The highest BCUT2D eigenvalue weighted by Gasteiger charge is 2.27. The van der Waals surface area contributed by atoms with Crippen molar-refractivity contribution in [2.24, 2.45) is 7.05 Å². The molecule has 0 saturated carbocycles. The molecular formula is C18H22N8O2. The summed E-state index contributed by atoms with van der Waals surface area (Å²) in [6.45, 7) is 4.45. The van der Waals surface area contributed by atoms with E-state index in [0.29, 0.717) is 43.4 Å². The molecule has 146 valence electrons. The third-order valence-electron chi connectivity index (χ3n) is 4.69. The van der Waals surface area contributed by atoms with Gasteiger partial charge in [0.05, 0.1) is 7.11 Å². The van der Waals surface area contributed by atoms with Crippen LogP contribution in [0.1, 0.15) is 16.2 Å². The van der Waals surface area contributed by atoms with Crippen LogP contribution in [0.3, 0.4) is 0 Å². The molecule has 1 fully saturated rings. The number of methoxy groups -OCH3 is 1. The Labute approximate surface area is 162 Å². The van der Waals surface area contributed by atoms with Crippen molar-refractivity contribution in [2.75, 3.05) is 38.2 Å². The molecule has 0 N–H and O–H groups in total. The molecule has 1 saturated heterocycles. The zero-order valence-electron chi connectivity index (χ0n) is 16.1. The van der Waals surface area contributed by atoms with Gasteiger partial charge in [-0.25, -0.2) is 15.0 Å². The van der Waals surface area contributed by atoms with E-state index < -0.39 is 0 Å². The number of rotatable bonds is 4. The zero-order valence-corrected chi connectivity index (χ0v) is 16.1. The maximum absolute atomic E-state index is 12.8. The van der Waals surface area contributed by atoms with Crippen molar-refractivity contribution in [3.05, 3.63) is 42.4 Å². The quantitative estimate of drug-likeness (QED) is 0.655. The minimum absolute atomic E-state index is 0.0671. The second kappa shape index (κ2) is 7.29. The van der Waals surface area contributed by atoms with E-state index in [-0.39, 0.29) is 5.91 Å². The molecule has 0 aliphatic carbocycles. The fourth-order valence-corrected chi connectivity index (χ4v) is 3.30. The van der Waals surface area contributed by atoms with E-state index in [1.165, 1.54) is 7.11 Å². The summed E-state index contributed by atoms with van der Waals surface area (Å²) < 4.78 is 8.66. The first-order valence-electron chi connectivity index (χ1n) is 9.01.